The van der Waals surface area contributed by atoms with Gasteiger partial charge in [0.05, 0.1) is 31.9 Å². The molecule has 0 bridgehead atoms. The fourth-order valence-corrected chi connectivity index (χ4v) is 3.59. The molecule has 2 aromatic heterocycles. The number of nitrogens with one attached hydrogen (secondary N) is 3. The summed E-state index contributed by atoms with van der Waals surface area (Å²) in [5.74, 6) is -0.168. The van der Waals surface area contributed by atoms with Crippen molar-refractivity contribution in [2.75, 3.05) is 26.3 Å². The summed E-state index contributed by atoms with van der Waals surface area (Å²) in [6, 6.07) is 2.26. The average Bonchev–Trinajstić information content (AvgIpc) is 2.89. The van der Waals surface area contributed by atoms with Gasteiger partial charge in [0.1, 0.15) is 0 Å². The average molecular weight is 405 g/mol. The highest BCUT2D eigenvalue weighted by Crippen LogP contribution is 2.32. The third-order valence-electron chi connectivity index (χ3n) is 4.96. The number of amides is 1. The van der Waals surface area contributed by atoms with Gasteiger partial charge in [-0.15, -0.1) is 0 Å². The molecule has 1 saturated heterocycles. The van der Waals surface area contributed by atoms with Crippen molar-refractivity contribution < 1.29 is 14.3 Å². The van der Waals surface area contributed by atoms with E-state index in [1.54, 1.807) is 0 Å². The Labute approximate surface area is 162 Å². The third-order valence-corrected chi connectivity index (χ3v) is 4.96. The molecular formula is C17H19N5O7. The van der Waals surface area contributed by atoms with E-state index in [1.807, 2.05) is 0 Å². The highest BCUT2D eigenvalue weighted by Gasteiger charge is 2.45. The van der Waals surface area contributed by atoms with Gasteiger partial charge in [-0.05, 0) is 0 Å². The van der Waals surface area contributed by atoms with Crippen LogP contribution in [0.1, 0.15) is 12.0 Å². The van der Waals surface area contributed by atoms with Gasteiger partial charge in [0.25, 0.3) is 16.7 Å². The molecule has 4 rings (SSSR count). The van der Waals surface area contributed by atoms with Crippen LogP contribution < -0.4 is 27.1 Å². The van der Waals surface area contributed by atoms with Gasteiger partial charge in [-0.3, -0.25) is 34.2 Å². The molecule has 0 radical (unpaired) electrons. The lowest BCUT2D eigenvalue weighted by atomic mass is 9.98. The van der Waals surface area contributed by atoms with Crippen LogP contribution in [0, 0.1) is 0 Å². The fourth-order valence-electron chi connectivity index (χ4n) is 3.59. The normalized spacial score (nSPS) is 20.9. The molecule has 12 nitrogen and oxygen atoms in total. The van der Waals surface area contributed by atoms with Gasteiger partial charge in [-0.2, -0.15) is 0 Å². The number of H-pyrrole nitrogens is 3. The Hall–Kier alpha value is -3.41. The summed E-state index contributed by atoms with van der Waals surface area (Å²) in [7, 11) is 0. The molecule has 2 aliphatic heterocycles. The standard InChI is InChI=1S/C17H19N5O7/c23-11-1-2-13(25)22(20-11)4-3-12(24)21-5-6-28-9-17(8-21)7-10-14(26)18-16(27)19-15(10)29-17/h1-2H,3-9H2,(H,20,23)(H2,18,19,26,27)/t17-/m1/s1. The number of ether oxygens (including phenoxy) is 2. The van der Waals surface area contributed by atoms with Crippen LogP contribution in [0.25, 0.3) is 0 Å². The molecule has 12 heteroatoms. The second-order valence-corrected chi connectivity index (χ2v) is 7.09. The number of carbonyl (C=O) groups is 1. The van der Waals surface area contributed by atoms with E-state index < -0.39 is 28.0 Å². The fraction of sp³-hybridized carbons (Fsp3) is 0.471. The molecular weight excluding hydrogens is 386 g/mol. The quantitative estimate of drug-likeness (QED) is 0.510. The Morgan fingerprint density at radius 3 is 2.83 bits per heavy atom. The van der Waals surface area contributed by atoms with E-state index in [2.05, 4.69) is 15.1 Å². The van der Waals surface area contributed by atoms with Gasteiger partial charge in [-0.25, -0.2) is 9.48 Å². The first kappa shape index (κ1) is 18.9. The van der Waals surface area contributed by atoms with Crippen molar-refractivity contribution in [2.45, 2.75) is 25.0 Å². The predicted octanol–water partition coefficient (Wildman–Crippen LogP) is -2.46. The number of aromatic amines is 3. The van der Waals surface area contributed by atoms with Crippen LogP contribution in [0.2, 0.25) is 0 Å². The number of hydrogen-bond acceptors (Lipinski definition) is 7. The van der Waals surface area contributed by atoms with E-state index in [1.165, 1.54) is 4.90 Å². The highest BCUT2D eigenvalue weighted by molar-refractivity contribution is 5.76. The van der Waals surface area contributed by atoms with Crippen LogP contribution in [0.5, 0.6) is 5.88 Å². The van der Waals surface area contributed by atoms with Crippen LogP contribution in [-0.4, -0.2) is 62.5 Å². The maximum atomic E-state index is 12.7. The first-order chi connectivity index (χ1) is 13.8. The zero-order valence-corrected chi connectivity index (χ0v) is 15.4. The Morgan fingerprint density at radius 1 is 1.17 bits per heavy atom. The van der Waals surface area contributed by atoms with Gasteiger partial charge < -0.3 is 14.4 Å². The second-order valence-electron chi connectivity index (χ2n) is 7.09. The minimum atomic E-state index is -0.982. The molecule has 0 aliphatic carbocycles. The number of fused-ring (bicyclic) bond motifs is 1. The first-order valence-electron chi connectivity index (χ1n) is 9.05. The molecule has 154 valence electrons. The van der Waals surface area contributed by atoms with E-state index in [-0.39, 0.29) is 50.9 Å². The maximum absolute atomic E-state index is 12.7. The molecule has 0 aromatic carbocycles. The molecule has 2 aromatic rings. The summed E-state index contributed by atoms with van der Waals surface area (Å²) >= 11 is 0. The molecule has 3 N–H and O–H groups in total. The highest BCUT2D eigenvalue weighted by atomic mass is 16.6. The Bertz CT molecular complexity index is 1180. The smallest absolute Gasteiger partial charge is 0.328 e. The molecule has 1 atom stereocenters. The number of hydrogen-bond donors (Lipinski definition) is 3. The molecule has 0 unspecified atom stereocenters. The van der Waals surface area contributed by atoms with Crippen molar-refractivity contribution in [1.82, 2.24) is 24.6 Å². The van der Waals surface area contributed by atoms with Crippen LogP contribution in [-0.2, 0) is 22.5 Å². The monoisotopic (exact) mass is 405 g/mol. The minimum absolute atomic E-state index is 0.0136. The van der Waals surface area contributed by atoms with Gasteiger partial charge in [-0.1, -0.05) is 0 Å². The van der Waals surface area contributed by atoms with Gasteiger partial charge in [0.2, 0.25) is 11.8 Å². The predicted molar refractivity (Wildman–Crippen MR) is 98.1 cm³/mol. The minimum Gasteiger partial charge on any atom is -0.467 e. The molecule has 4 heterocycles. The van der Waals surface area contributed by atoms with Crippen LogP contribution in [0.3, 0.4) is 0 Å². The summed E-state index contributed by atoms with van der Waals surface area (Å²) in [6.45, 7) is 0.919. The second kappa shape index (κ2) is 7.20. The number of rotatable bonds is 3. The van der Waals surface area contributed by atoms with E-state index in [0.717, 1.165) is 16.8 Å². The van der Waals surface area contributed by atoms with Gasteiger partial charge >= 0.3 is 5.69 Å². The summed E-state index contributed by atoms with van der Waals surface area (Å²) in [5.41, 5.74) is -2.73. The molecule has 2 aliphatic rings. The Kier molecular flexibility index (Phi) is 4.70. The summed E-state index contributed by atoms with van der Waals surface area (Å²) in [4.78, 5) is 65.6. The summed E-state index contributed by atoms with van der Waals surface area (Å²) in [6.07, 6.45) is 0.171. The SMILES string of the molecule is O=C(CCn1[nH]c(=O)ccc1=O)N1CCOC[C@@]2(Cc3c([nH]c(=O)[nH]c3=O)O2)C1. The van der Waals surface area contributed by atoms with Gasteiger partial charge in [0, 0.05) is 31.5 Å². The lowest BCUT2D eigenvalue weighted by Crippen LogP contribution is -2.50. The molecule has 1 fully saturated rings. The van der Waals surface area contributed by atoms with Crippen molar-refractivity contribution in [1.29, 1.82) is 0 Å². The van der Waals surface area contributed by atoms with E-state index in [4.69, 9.17) is 9.47 Å². The molecule has 1 amide bonds. The van der Waals surface area contributed by atoms with Crippen molar-refractivity contribution in [3.8, 4) is 5.88 Å². The van der Waals surface area contributed by atoms with Gasteiger partial charge in [0.15, 0.2) is 5.60 Å². The lowest BCUT2D eigenvalue weighted by Gasteiger charge is -2.31. The van der Waals surface area contributed by atoms with Crippen LogP contribution >= 0.6 is 0 Å². The zero-order valence-electron chi connectivity index (χ0n) is 15.4. The Balaban J connectivity index is 1.49. The third kappa shape index (κ3) is 3.78. The largest absolute Gasteiger partial charge is 0.467 e. The number of carbonyl (C=O) groups excluding carboxylic acids is 1. The van der Waals surface area contributed by atoms with E-state index in [9.17, 15) is 24.0 Å². The topological polar surface area (TPSA) is 159 Å². The summed E-state index contributed by atoms with van der Waals surface area (Å²) in [5, 5.41) is 2.37. The van der Waals surface area contributed by atoms with E-state index >= 15 is 0 Å². The summed E-state index contributed by atoms with van der Waals surface area (Å²) < 4.78 is 12.5. The van der Waals surface area contributed by atoms with Crippen LogP contribution in [0.4, 0.5) is 0 Å². The van der Waals surface area contributed by atoms with Crippen LogP contribution in [0.15, 0.2) is 31.3 Å². The van der Waals surface area contributed by atoms with Crippen molar-refractivity contribution in [3.05, 3.63) is 59.2 Å². The lowest BCUT2D eigenvalue weighted by molar-refractivity contribution is -0.133. The number of nitrogens with zero attached hydrogens (tertiary/aromatic N) is 2. The molecule has 0 saturated carbocycles. The first-order valence-corrected chi connectivity index (χ1v) is 9.05. The zero-order chi connectivity index (χ0) is 20.6. The van der Waals surface area contributed by atoms with E-state index in [0.29, 0.717) is 12.1 Å². The Morgan fingerprint density at radius 2 is 2.00 bits per heavy atom. The van der Waals surface area contributed by atoms with Crippen molar-refractivity contribution in [2.24, 2.45) is 0 Å². The number of aryl methyl sites for hydroxylation is 1. The van der Waals surface area contributed by atoms with Crippen molar-refractivity contribution >= 4 is 5.91 Å². The molecule has 29 heavy (non-hydrogen) atoms. The number of aromatic nitrogens is 4. The molecule has 1 spiro atoms. The van der Waals surface area contributed by atoms with Crippen molar-refractivity contribution in [3.63, 3.8) is 0 Å². The maximum Gasteiger partial charge on any atom is 0.328 e.